The molecule has 0 spiro atoms. The molecule has 2 aromatic heterocycles. The summed E-state index contributed by atoms with van der Waals surface area (Å²) >= 11 is 0. The van der Waals surface area contributed by atoms with Crippen LogP contribution < -0.4 is 5.73 Å². The van der Waals surface area contributed by atoms with Gasteiger partial charge in [0.1, 0.15) is 5.54 Å². The first-order chi connectivity index (χ1) is 9.40. The molecule has 0 aliphatic rings. The van der Waals surface area contributed by atoms with E-state index in [0.29, 0.717) is 0 Å². The van der Waals surface area contributed by atoms with Crippen LogP contribution in [0.15, 0.2) is 23.0 Å². The predicted molar refractivity (Wildman–Crippen MR) is 70.1 cm³/mol. The van der Waals surface area contributed by atoms with E-state index in [0.717, 1.165) is 6.20 Å². The molecule has 0 saturated heterocycles. The molecule has 0 radical (unpaired) electrons. The molecule has 0 saturated carbocycles. The lowest BCUT2D eigenvalue weighted by molar-refractivity contribution is 0.0410. The Morgan fingerprint density at radius 3 is 2.90 bits per heavy atom. The summed E-state index contributed by atoms with van der Waals surface area (Å²) in [6.45, 7) is 5.78. The smallest absolute Gasteiger partial charge is 0.261 e. The second-order valence-electron chi connectivity index (χ2n) is 5.06. The molecule has 2 N–H and O–H groups in total. The minimum Gasteiger partial charge on any atom is -0.376 e. The molecule has 0 fully saturated rings. The molecule has 2 rings (SSSR count). The Balaban J connectivity index is 2.22. The maximum atomic E-state index is 13.6. The minimum absolute atomic E-state index is 0.0434. The average Bonchev–Trinajstić information content (AvgIpc) is 2.87. The number of halogens is 1. The van der Waals surface area contributed by atoms with Crippen molar-refractivity contribution < 1.29 is 13.7 Å². The Hall–Kier alpha value is -1.86. The number of ether oxygens (including phenoxy) is 1. The van der Waals surface area contributed by atoms with E-state index in [1.54, 1.807) is 6.92 Å². The van der Waals surface area contributed by atoms with E-state index in [1.165, 1.54) is 12.3 Å². The van der Waals surface area contributed by atoms with Crippen LogP contribution in [0.25, 0.3) is 11.5 Å². The Bertz CT molecular complexity index is 583. The van der Waals surface area contributed by atoms with Crippen molar-refractivity contribution in [3.05, 3.63) is 30.1 Å². The molecule has 0 aromatic carbocycles. The van der Waals surface area contributed by atoms with Gasteiger partial charge in [-0.3, -0.25) is 4.98 Å². The van der Waals surface area contributed by atoms with Gasteiger partial charge in [0.15, 0.2) is 11.6 Å². The fraction of sp³-hybridized carbons (Fsp3) is 0.462. The van der Waals surface area contributed by atoms with E-state index in [2.05, 4.69) is 15.1 Å². The van der Waals surface area contributed by atoms with Crippen LogP contribution in [0.3, 0.4) is 0 Å². The zero-order valence-corrected chi connectivity index (χ0v) is 11.6. The average molecular weight is 280 g/mol. The lowest BCUT2D eigenvalue weighted by Gasteiger charge is -2.21. The minimum atomic E-state index is -0.907. The second kappa shape index (κ2) is 5.64. The number of hydrogen-bond donors (Lipinski definition) is 1. The van der Waals surface area contributed by atoms with Gasteiger partial charge >= 0.3 is 0 Å². The first kappa shape index (κ1) is 14.5. The Morgan fingerprint density at radius 2 is 2.25 bits per heavy atom. The highest BCUT2D eigenvalue weighted by atomic mass is 19.1. The molecule has 2 heterocycles. The third-order valence-electron chi connectivity index (χ3n) is 2.66. The normalized spacial score (nSPS) is 14.5. The van der Waals surface area contributed by atoms with Crippen molar-refractivity contribution in [2.45, 2.75) is 32.4 Å². The zero-order chi connectivity index (χ0) is 14.8. The lowest BCUT2D eigenvalue weighted by Crippen LogP contribution is -2.40. The second-order valence-corrected chi connectivity index (χ2v) is 5.06. The number of hydrogen-bond acceptors (Lipinski definition) is 6. The van der Waals surface area contributed by atoms with E-state index >= 15 is 0 Å². The van der Waals surface area contributed by atoms with Crippen LogP contribution in [0.1, 0.15) is 26.6 Å². The summed E-state index contributed by atoms with van der Waals surface area (Å²) < 4.78 is 24.1. The Morgan fingerprint density at radius 1 is 1.50 bits per heavy atom. The first-order valence-electron chi connectivity index (χ1n) is 6.24. The van der Waals surface area contributed by atoms with Crippen LogP contribution in [0.5, 0.6) is 0 Å². The van der Waals surface area contributed by atoms with Crippen molar-refractivity contribution in [2.24, 2.45) is 5.73 Å². The number of nitrogens with zero attached hydrogens (tertiary/aromatic N) is 3. The molecule has 0 aliphatic heterocycles. The molecule has 108 valence electrons. The Kier molecular flexibility index (Phi) is 4.10. The van der Waals surface area contributed by atoms with Gasteiger partial charge in [0.25, 0.3) is 5.89 Å². The zero-order valence-electron chi connectivity index (χ0n) is 11.6. The number of rotatable bonds is 5. The van der Waals surface area contributed by atoms with E-state index in [-0.39, 0.29) is 30.0 Å². The summed E-state index contributed by atoms with van der Waals surface area (Å²) in [5.74, 6) is -0.190. The van der Waals surface area contributed by atoms with Crippen molar-refractivity contribution in [1.82, 2.24) is 15.1 Å². The van der Waals surface area contributed by atoms with Crippen LogP contribution in [-0.4, -0.2) is 27.8 Å². The quantitative estimate of drug-likeness (QED) is 0.899. The van der Waals surface area contributed by atoms with Gasteiger partial charge < -0.3 is 15.0 Å². The maximum Gasteiger partial charge on any atom is 0.261 e. The third kappa shape index (κ3) is 3.17. The molecule has 2 aromatic rings. The summed E-state index contributed by atoms with van der Waals surface area (Å²) in [6, 6.07) is 1.46. The molecule has 1 unspecified atom stereocenters. The van der Waals surface area contributed by atoms with Gasteiger partial charge in [-0.1, -0.05) is 5.16 Å². The largest absolute Gasteiger partial charge is 0.376 e. The number of nitrogens with two attached hydrogens (primary N) is 1. The van der Waals surface area contributed by atoms with Crippen LogP contribution in [0.2, 0.25) is 0 Å². The van der Waals surface area contributed by atoms with Crippen LogP contribution >= 0.6 is 0 Å². The van der Waals surface area contributed by atoms with Crippen molar-refractivity contribution in [3.63, 3.8) is 0 Å². The van der Waals surface area contributed by atoms with E-state index in [4.69, 9.17) is 15.0 Å². The lowest BCUT2D eigenvalue weighted by atomic mass is 10.1. The maximum absolute atomic E-state index is 13.6. The van der Waals surface area contributed by atoms with Gasteiger partial charge in [-0.05, 0) is 26.8 Å². The summed E-state index contributed by atoms with van der Waals surface area (Å²) in [5, 5.41) is 3.81. The molecule has 7 heteroatoms. The summed E-state index contributed by atoms with van der Waals surface area (Å²) in [4.78, 5) is 7.81. The fourth-order valence-corrected chi connectivity index (χ4v) is 1.52. The van der Waals surface area contributed by atoms with Gasteiger partial charge in [0.05, 0.1) is 24.5 Å². The van der Waals surface area contributed by atoms with Crippen LogP contribution in [-0.2, 0) is 10.3 Å². The third-order valence-corrected chi connectivity index (χ3v) is 2.66. The highest BCUT2D eigenvalue weighted by Crippen LogP contribution is 2.23. The van der Waals surface area contributed by atoms with E-state index in [9.17, 15) is 4.39 Å². The molecular formula is C13H17FN4O2. The van der Waals surface area contributed by atoms with Gasteiger partial charge in [-0.15, -0.1) is 0 Å². The van der Waals surface area contributed by atoms with Gasteiger partial charge in [0, 0.05) is 6.20 Å². The van der Waals surface area contributed by atoms with Crippen LogP contribution in [0.4, 0.5) is 4.39 Å². The van der Waals surface area contributed by atoms with Crippen molar-refractivity contribution >= 4 is 0 Å². The molecule has 20 heavy (non-hydrogen) atoms. The highest BCUT2D eigenvalue weighted by molar-refractivity contribution is 5.52. The summed E-state index contributed by atoms with van der Waals surface area (Å²) in [6.07, 6.45) is 2.58. The van der Waals surface area contributed by atoms with Gasteiger partial charge in [-0.2, -0.15) is 4.98 Å². The fourth-order valence-electron chi connectivity index (χ4n) is 1.52. The SMILES string of the molecule is CC(C)OCC(C)(N)c1noc(-c2ccncc2F)n1. The molecule has 0 bridgehead atoms. The summed E-state index contributed by atoms with van der Waals surface area (Å²) in [7, 11) is 0. The number of pyridine rings is 1. The van der Waals surface area contributed by atoms with E-state index in [1.807, 2.05) is 13.8 Å². The Labute approximate surface area is 116 Å². The van der Waals surface area contributed by atoms with Crippen molar-refractivity contribution in [2.75, 3.05) is 6.61 Å². The van der Waals surface area contributed by atoms with Crippen LogP contribution in [0, 0.1) is 5.82 Å². The predicted octanol–water partition coefficient (Wildman–Crippen LogP) is 1.87. The van der Waals surface area contributed by atoms with Crippen molar-refractivity contribution in [1.29, 1.82) is 0 Å². The monoisotopic (exact) mass is 280 g/mol. The molecular weight excluding hydrogens is 263 g/mol. The topological polar surface area (TPSA) is 87.1 Å². The van der Waals surface area contributed by atoms with Gasteiger partial charge in [-0.25, -0.2) is 4.39 Å². The molecule has 0 aliphatic carbocycles. The standard InChI is InChI=1S/C13H17FN4O2/c1-8(2)19-7-13(3,15)12-17-11(20-18-12)9-4-5-16-6-10(9)14/h4-6,8H,7,15H2,1-3H3. The van der Waals surface area contributed by atoms with E-state index < -0.39 is 11.4 Å². The molecule has 1 atom stereocenters. The molecule has 6 nitrogen and oxygen atoms in total. The highest BCUT2D eigenvalue weighted by Gasteiger charge is 2.29. The first-order valence-corrected chi connectivity index (χ1v) is 6.24. The summed E-state index contributed by atoms with van der Waals surface area (Å²) in [5.41, 5.74) is 5.39. The van der Waals surface area contributed by atoms with Gasteiger partial charge in [0.2, 0.25) is 0 Å². The number of aromatic nitrogens is 3. The van der Waals surface area contributed by atoms with Crippen molar-refractivity contribution in [3.8, 4) is 11.5 Å². The molecule has 0 amide bonds.